The largest absolute Gasteiger partial charge is 0.507 e. The summed E-state index contributed by atoms with van der Waals surface area (Å²) in [4.78, 5) is 31.8. The fraction of sp³-hybridized carbons (Fsp3) is 0.100. The fourth-order valence-electron chi connectivity index (χ4n) is 2.65. The number of carbonyl (C=O) groups excluding carboxylic acids is 3. The van der Waals surface area contributed by atoms with Crippen LogP contribution in [-0.2, 0) is 14.4 Å². The number of ketones is 3. The van der Waals surface area contributed by atoms with Gasteiger partial charge in [0.2, 0.25) is 0 Å². The van der Waals surface area contributed by atoms with Gasteiger partial charge in [0.15, 0.2) is 17.3 Å². The van der Waals surface area contributed by atoms with Crippen molar-refractivity contribution >= 4 is 34.6 Å². The monoisotopic (exact) mass is 638 g/mol. The zero-order valence-corrected chi connectivity index (χ0v) is 23.5. The van der Waals surface area contributed by atoms with Crippen LogP contribution in [0.1, 0.15) is 37.5 Å². The first-order chi connectivity index (χ1) is 17.1. The standard InChI is InChI=1S/3C10H10O2.Sm/c3*1-8(11)7-10(12)9-5-3-2-4-6-9;/h3*2-7,12H,1H3;/b3*10-7-;. The van der Waals surface area contributed by atoms with Gasteiger partial charge in [0, 0.05) is 75.3 Å². The Morgan fingerprint density at radius 1 is 0.459 bits per heavy atom. The molecule has 3 N–H and O–H groups in total. The Balaban J connectivity index is 0.000000518. The van der Waals surface area contributed by atoms with Crippen molar-refractivity contribution in [3.63, 3.8) is 0 Å². The Morgan fingerprint density at radius 2 is 0.649 bits per heavy atom. The van der Waals surface area contributed by atoms with Crippen molar-refractivity contribution in [3.8, 4) is 0 Å². The van der Waals surface area contributed by atoms with Crippen LogP contribution >= 0.6 is 0 Å². The molecule has 3 aromatic carbocycles. The van der Waals surface area contributed by atoms with E-state index in [9.17, 15) is 29.7 Å². The van der Waals surface area contributed by atoms with Crippen LogP contribution in [0.15, 0.2) is 109 Å². The number of benzene rings is 3. The number of aliphatic hydroxyl groups is 3. The van der Waals surface area contributed by atoms with Crippen molar-refractivity contribution in [1.29, 1.82) is 0 Å². The van der Waals surface area contributed by atoms with E-state index in [4.69, 9.17) is 0 Å². The molecule has 0 heterocycles. The molecular weight excluding hydrogens is 607 g/mol. The summed E-state index contributed by atoms with van der Waals surface area (Å²) < 4.78 is 0. The third kappa shape index (κ3) is 15.4. The summed E-state index contributed by atoms with van der Waals surface area (Å²) in [5.41, 5.74) is 1.98. The van der Waals surface area contributed by atoms with Crippen molar-refractivity contribution in [2.24, 2.45) is 0 Å². The minimum Gasteiger partial charge on any atom is -0.507 e. The molecular formula is C30H30O6Sm. The first-order valence-corrected chi connectivity index (χ1v) is 11.0. The summed E-state index contributed by atoms with van der Waals surface area (Å²) in [6, 6.07) is 26.9. The zero-order valence-electron chi connectivity index (χ0n) is 20.9. The quantitative estimate of drug-likeness (QED) is 0.210. The van der Waals surface area contributed by atoms with E-state index in [1.54, 1.807) is 72.8 Å². The van der Waals surface area contributed by atoms with E-state index in [-0.39, 0.29) is 75.0 Å². The number of hydrogen-bond donors (Lipinski definition) is 3. The number of aliphatic hydroxyl groups excluding tert-OH is 3. The van der Waals surface area contributed by atoms with E-state index in [0.29, 0.717) is 16.7 Å². The van der Waals surface area contributed by atoms with E-state index < -0.39 is 0 Å². The minimum atomic E-state index is -0.156. The van der Waals surface area contributed by atoms with Crippen LogP contribution in [0.25, 0.3) is 17.3 Å². The number of rotatable bonds is 6. The predicted molar refractivity (Wildman–Crippen MR) is 143 cm³/mol. The van der Waals surface area contributed by atoms with Gasteiger partial charge < -0.3 is 15.3 Å². The topological polar surface area (TPSA) is 112 Å². The molecule has 0 saturated heterocycles. The van der Waals surface area contributed by atoms with Crippen LogP contribution in [0.3, 0.4) is 0 Å². The van der Waals surface area contributed by atoms with Crippen molar-refractivity contribution in [2.75, 3.05) is 0 Å². The van der Waals surface area contributed by atoms with Crippen molar-refractivity contribution < 1.29 is 70.1 Å². The smallest absolute Gasteiger partial charge is 0.156 e. The number of hydrogen-bond acceptors (Lipinski definition) is 6. The van der Waals surface area contributed by atoms with E-state index in [0.717, 1.165) is 0 Å². The molecule has 0 atom stereocenters. The molecule has 192 valence electrons. The maximum atomic E-state index is 10.6. The van der Waals surface area contributed by atoms with Gasteiger partial charge in [0.25, 0.3) is 0 Å². The van der Waals surface area contributed by atoms with E-state index in [1.165, 1.54) is 39.0 Å². The van der Waals surface area contributed by atoms with Crippen LogP contribution in [-0.4, -0.2) is 32.7 Å². The summed E-state index contributed by atoms with van der Waals surface area (Å²) in [6.45, 7) is 4.21. The summed E-state index contributed by atoms with van der Waals surface area (Å²) in [6.07, 6.45) is 3.61. The molecule has 0 unspecified atom stereocenters. The van der Waals surface area contributed by atoms with Crippen LogP contribution in [0.4, 0.5) is 0 Å². The fourth-order valence-corrected chi connectivity index (χ4v) is 2.65. The maximum Gasteiger partial charge on any atom is 0.156 e. The van der Waals surface area contributed by atoms with Gasteiger partial charge in [-0.15, -0.1) is 0 Å². The second kappa shape index (κ2) is 18.8. The molecule has 0 radical (unpaired) electrons. The second-order valence-electron chi connectivity index (χ2n) is 7.52. The molecule has 0 aliphatic carbocycles. The first kappa shape index (κ1) is 33.6. The van der Waals surface area contributed by atoms with Gasteiger partial charge in [-0.2, -0.15) is 0 Å². The Hall–Kier alpha value is -3.37. The number of allylic oxidation sites excluding steroid dienone is 3. The number of carbonyl (C=O) groups is 3. The Morgan fingerprint density at radius 3 is 0.811 bits per heavy atom. The molecule has 0 aliphatic heterocycles. The Kier molecular flexibility index (Phi) is 17.1. The van der Waals surface area contributed by atoms with Crippen LogP contribution < -0.4 is 0 Å². The average Bonchev–Trinajstić information content (AvgIpc) is 2.85. The van der Waals surface area contributed by atoms with Gasteiger partial charge in [-0.3, -0.25) is 14.4 Å². The molecule has 37 heavy (non-hydrogen) atoms. The Bertz CT molecular complexity index is 1060. The van der Waals surface area contributed by atoms with Gasteiger partial charge in [-0.1, -0.05) is 91.0 Å². The molecule has 3 aromatic rings. The SMILES string of the molecule is CC(=O)/C=C(\O)c1ccccc1.CC(=O)/C=C(\O)c1ccccc1.CC(=O)/C=C(\O)c1ccccc1.[Sm]. The van der Waals surface area contributed by atoms with E-state index in [1.807, 2.05) is 18.2 Å². The van der Waals surface area contributed by atoms with Gasteiger partial charge in [-0.05, 0) is 20.8 Å². The van der Waals surface area contributed by atoms with Crippen LogP contribution in [0, 0.1) is 40.4 Å². The molecule has 7 heteroatoms. The summed E-state index contributed by atoms with van der Waals surface area (Å²) in [7, 11) is 0. The second-order valence-corrected chi connectivity index (χ2v) is 7.52. The van der Waals surface area contributed by atoms with Gasteiger partial charge in [0.05, 0.1) is 0 Å². The van der Waals surface area contributed by atoms with Crippen molar-refractivity contribution in [1.82, 2.24) is 0 Å². The molecule has 0 amide bonds. The third-order valence-corrected chi connectivity index (χ3v) is 4.23. The molecule has 0 bridgehead atoms. The van der Waals surface area contributed by atoms with Gasteiger partial charge in [-0.25, -0.2) is 0 Å². The summed E-state index contributed by atoms with van der Waals surface area (Å²) in [5.74, 6) is -0.418. The Labute approximate surface area is 249 Å². The molecule has 0 saturated carbocycles. The molecule has 0 spiro atoms. The summed E-state index contributed by atoms with van der Waals surface area (Å²) >= 11 is 0. The molecule has 6 nitrogen and oxygen atoms in total. The van der Waals surface area contributed by atoms with E-state index >= 15 is 0 Å². The molecule has 3 rings (SSSR count). The van der Waals surface area contributed by atoms with Crippen LogP contribution in [0.5, 0.6) is 0 Å². The third-order valence-electron chi connectivity index (χ3n) is 4.23. The van der Waals surface area contributed by atoms with E-state index in [2.05, 4.69) is 0 Å². The molecule has 0 fully saturated rings. The first-order valence-electron chi connectivity index (χ1n) is 11.0. The van der Waals surface area contributed by atoms with Gasteiger partial charge in [0.1, 0.15) is 17.3 Å². The maximum absolute atomic E-state index is 10.6. The van der Waals surface area contributed by atoms with Gasteiger partial charge >= 0.3 is 0 Å². The predicted octanol–water partition coefficient (Wildman–Crippen LogP) is 6.52. The van der Waals surface area contributed by atoms with Crippen LogP contribution in [0.2, 0.25) is 0 Å². The summed E-state index contributed by atoms with van der Waals surface area (Å²) in [5, 5.41) is 28.0. The minimum absolute atomic E-state index is 0. The normalized spacial score (nSPS) is 10.9. The van der Waals surface area contributed by atoms with Crippen molar-refractivity contribution in [3.05, 3.63) is 126 Å². The zero-order chi connectivity index (χ0) is 26.9. The molecule has 0 aliphatic rings. The van der Waals surface area contributed by atoms with Crippen molar-refractivity contribution in [2.45, 2.75) is 20.8 Å². The average molecular weight is 637 g/mol. The molecule has 0 aromatic heterocycles.